The number of fused-ring (bicyclic) bond motifs is 1. The summed E-state index contributed by atoms with van der Waals surface area (Å²) in [4.78, 5) is 11.6. The van der Waals surface area contributed by atoms with Crippen molar-refractivity contribution in [1.29, 1.82) is 0 Å². The number of carbonyl (C=O) groups is 1. The summed E-state index contributed by atoms with van der Waals surface area (Å²) < 4.78 is 4.99. The molecular weight excluding hydrogens is 192 g/mol. The maximum atomic E-state index is 11.6. The molecule has 0 saturated carbocycles. The molecule has 0 amide bonds. The van der Waals surface area contributed by atoms with Crippen molar-refractivity contribution < 1.29 is 9.53 Å². The molecule has 0 aliphatic heterocycles. The van der Waals surface area contributed by atoms with Gasteiger partial charge in [-0.1, -0.05) is 0 Å². The van der Waals surface area contributed by atoms with Crippen LogP contribution in [0.1, 0.15) is 41.4 Å². The van der Waals surface area contributed by atoms with Crippen LogP contribution < -0.4 is 0 Å². The fourth-order valence-corrected chi connectivity index (χ4v) is 1.91. The van der Waals surface area contributed by atoms with Crippen molar-refractivity contribution in [2.75, 3.05) is 6.61 Å². The van der Waals surface area contributed by atoms with Crippen LogP contribution in [0.25, 0.3) is 0 Å². The van der Waals surface area contributed by atoms with Crippen LogP contribution in [-0.4, -0.2) is 22.8 Å². The minimum Gasteiger partial charge on any atom is -0.462 e. The predicted octanol–water partition coefficient (Wildman–Crippen LogP) is 1.53. The fourth-order valence-electron chi connectivity index (χ4n) is 1.91. The summed E-state index contributed by atoms with van der Waals surface area (Å²) in [5.74, 6) is -0.273. The molecule has 0 unspecified atom stereocenters. The van der Waals surface area contributed by atoms with Crippen LogP contribution in [0, 0.1) is 0 Å². The summed E-state index contributed by atoms with van der Waals surface area (Å²) >= 11 is 0. The molecule has 0 radical (unpaired) electrons. The number of nitrogens with zero attached hydrogens (tertiary/aromatic N) is 2. The van der Waals surface area contributed by atoms with E-state index >= 15 is 0 Å². The standard InChI is InChI=1S/C11H14N2O2/c1-2-15-11(14)9-7-12-13-10-6-4-3-5-8(9)10/h7H,2-6H2,1H3. The summed E-state index contributed by atoms with van der Waals surface area (Å²) in [6, 6.07) is 0. The topological polar surface area (TPSA) is 52.1 Å². The van der Waals surface area contributed by atoms with E-state index in [1.807, 2.05) is 0 Å². The van der Waals surface area contributed by atoms with Crippen LogP contribution >= 0.6 is 0 Å². The SMILES string of the molecule is CCOC(=O)c1cnnc2c1CCCC2. The van der Waals surface area contributed by atoms with Gasteiger partial charge < -0.3 is 4.74 Å². The van der Waals surface area contributed by atoms with Crippen molar-refractivity contribution in [1.82, 2.24) is 10.2 Å². The van der Waals surface area contributed by atoms with E-state index in [2.05, 4.69) is 10.2 Å². The van der Waals surface area contributed by atoms with Gasteiger partial charge in [-0.25, -0.2) is 4.79 Å². The van der Waals surface area contributed by atoms with Gasteiger partial charge in [0.05, 0.1) is 24.1 Å². The van der Waals surface area contributed by atoms with Crippen LogP contribution in [0.5, 0.6) is 0 Å². The molecule has 15 heavy (non-hydrogen) atoms. The smallest absolute Gasteiger partial charge is 0.340 e. The molecule has 0 N–H and O–H groups in total. The van der Waals surface area contributed by atoms with E-state index in [-0.39, 0.29) is 5.97 Å². The number of hydrogen-bond donors (Lipinski definition) is 0. The molecule has 4 nitrogen and oxygen atoms in total. The van der Waals surface area contributed by atoms with Crippen molar-refractivity contribution >= 4 is 5.97 Å². The van der Waals surface area contributed by atoms with Gasteiger partial charge in [0.25, 0.3) is 0 Å². The number of rotatable bonds is 2. The zero-order valence-electron chi connectivity index (χ0n) is 8.82. The summed E-state index contributed by atoms with van der Waals surface area (Å²) in [5, 5.41) is 7.92. The second kappa shape index (κ2) is 4.38. The molecule has 2 rings (SSSR count). The Morgan fingerprint density at radius 2 is 2.27 bits per heavy atom. The number of esters is 1. The van der Waals surface area contributed by atoms with Gasteiger partial charge in [0.2, 0.25) is 0 Å². The lowest BCUT2D eigenvalue weighted by molar-refractivity contribution is 0.0524. The highest BCUT2D eigenvalue weighted by atomic mass is 16.5. The Morgan fingerprint density at radius 3 is 3.07 bits per heavy atom. The number of aromatic nitrogens is 2. The van der Waals surface area contributed by atoms with Crippen molar-refractivity contribution in [2.45, 2.75) is 32.6 Å². The highest BCUT2D eigenvalue weighted by Gasteiger charge is 2.19. The highest BCUT2D eigenvalue weighted by molar-refractivity contribution is 5.91. The Balaban J connectivity index is 2.34. The monoisotopic (exact) mass is 206 g/mol. The first-order valence-corrected chi connectivity index (χ1v) is 5.33. The molecule has 0 aromatic carbocycles. The number of carbonyl (C=O) groups excluding carboxylic acids is 1. The Kier molecular flexibility index (Phi) is 2.94. The van der Waals surface area contributed by atoms with Gasteiger partial charge in [-0.3, -0.25) is 0 Å². The molecule has 0 atom stereocenters. The molecule has 80 valence electrons. The molecule has 1 aromatic heterocycles. The average molecular weight is 206 g/mol. The number of hydrogen-bond acceptors (Lipinski definition) is 4. The Labute approximate surface area is 88.7 Å². The first-order chi connectivity index (χ1) is 7.33. The largest absolute Gasteiger partial charge is 0.462 e. The van der Waals surface area contributed by atoms with E-state index in [4.69, 9.17) is 4.74 Å². The van der Waals surface area contributed by atoms with Crippen LogP contribution in [0.4, 0.5) is 0 Å². The van der Waals surface area contributed by atoms with Gasteiger partial charge in [-0.05, 0) is 38.2 Å². The fraction of sp³-hybridized carbons (Fsp3) is 0.545. The Hall–Kier alpha value is -1.45. The molecule has 1 aliphatic rings. The molecular formula is C11H14N2O2. The second-order valence-electron chi connectivity index (χ2n) is 3.61. The maximum absolute atomic E-state index is 11.6. The lowest BCUT2D eigenvalue weighted by atomic mass is 9.93. The van der Waals surface area contributed by atoms with E-state index in [1.54, 1.807) is 6.92 Å². The van der Waals surface area contributed by atoms with E-state index in [0.717, 1.165) is 36.9 Å². The van der Waals surface area contributed by atoms with Crippen LogP contribution in [-0.2, 0) is 17.6 Å². The molecule has 0 bridgehead atoms. The molecule has 0 spiro atoms. The number of ether oxygens (including phenoxy) is 1. The Morgan fingerprint density at radius 1 is 1.47 bits per heavy atom. The predicted molar refractivity (Wildman–Crippen MR) is 54.6 cm³/mol. The van der Waals surface area contributed by atoms with E-state index in [9.17, 15) is 4.79 Å². The maximum Gasteiger partial charge on any atom is 0.340 e. The van der Waals surface area contributed by atoms with Gasteiger partial charge >= 0.3 is 5.97 Å². The lowest BCUT2D eigenvalue weighted by Crippen LogP contribution is -2.15. The van der Waals surface area contributed by atoms with Crippen molar-refractivity contribution in [2.24, 2.45) is 0 Å². The zero-order chi connectivity index (χ0) is 10.7. The first kappa shape index (κ1) is 10.1. The van der Waals surface area contributed by atoms with Gasteiger partial charge in [0, 0.05) is 0 Å². The third-order valence-electron chi connectivity index (χ3n) is 2.62. The normalized spacial score (nSPS) is 14.5. The zero-order valence-corrected chi connectivity index (χ0v) is 8.82. The molecule has 1 heterocycles. The van der Waals surface area contributed by atoms with E-state index in [1.165, 1.54) is 6.20 Å². The molecule has 0 saturated heterocycles. The highest BCUT2D eigenvalue weighted by Crippen LogP contribution is 2.22. The molecule has 1 aliphatic carbocycles. The first-order valence-electron chi connectivity index (χ1n) is 5.33. The van der Waals surface area contributed by atoms with Crippen molar-refractivity contribution in [3.8, 4) is 0 Å². The van der Waals surface area contributed by atoms with Crippen LogP contribution in [0.2, 0.25) is 0 Å². The van der Waals surface area contributed by atoms with Gasteiger partial charge in [0.15, 0.2) is 0 Å². The number of aryl methyl sites for hydroxylation is 1. The van der Waals surface area contributed by atoms with Crippen LogP contribution in [0.3, 0.4) is 0 Å². The summed E-state index contributed by atoms with van der Waals surface area (Å²) in [5.41, 5.74) is 2.60. The molecule has 1 aromatic rings. The van der Waals surface area contributed by atoms with Crippen molar-refractivity contribution in [3.05, 3.63) is 23.0 Å². The van der Waals surface area contributed by atoms with Gasteiger partial charge in [-0.2, -0.15) is 10.2 Å². The average Bonchev–Trinajstić information content (AvgIpc) is 2.28. The molecule has 4 heteroatoms. The van der Waals surface area contributed by atoms with E-state index in [0.29, 0.717) is 12.2 Å². The Bertz CT molecular complexity index is 377. The summed E-state index contributed by atoms with van der Waals surface area (Å²) in [6.45, 7) is 2.20. The van der Waals surface area contributed by atoms with Crippen LogP contribution in [0.15, 0.2) is 6.20 Å². The van der Waals surface area contributed by atoms with Gasteiger partial charge in [0.1, 0.15) is 0 Å². The minimum atomic E-state index is -0.273. The summed E-state index contributed by atoms with van der Waals surface area (Å²) in [7, 11) is 0. The quantitative estimate of drug-likeness (QED) is 0.688. The molecule has 0 fully saturated rings. The van der Waals surface area contributed by atoms with Gasteiger partial charge in [-0.15, -0.1) is 0 Å². The minimum absolute atomic E-state index is 0.273. The lowest BCUT2D eigenvalue weighted by Gasteiger charge is -2.16. The third-order valence-corrected chi connectivity index (χ3v) is 2.62. The third kappa shape index (κ3) is 1.98. The van der Waals surface area contributed by atoms with E-state index < -0.39 is 0 Å². The van der Waals surface area contributed by atoms with Crippen molar-refractivity contribution in [3.63, 3.8) is 0 Å². The second-order valence-corrected chi connectivity index (χ2v) is 3.61. The summed E-state index contributed by atoms with van der Waals surface area (Å²) in [6.07, 6.45) is 5.61.